The summed E-state index contributed by atoms with van der Waals surface area (Å²) < 4.78 is 12.9. The van der Waals surface area contributed by atoms with Crippen molar-refractivity contribution in [3.63, 3.8) is 0 Å². The number of hydrogen-bond acceptors (Lipinski definition) is 3. The van der Waals surface area contributed by atoms with Crippen molar-refractivity contribution in [2.75, 3.05) is 31.1 Å². The van der Waals surface area contributed by atoms with E-state index < -0.39 is 0 Å². The topological polar surface area (TPSA) is 6.48 Å². The van der Waals surface area contributed by atoms with Crippen molar-refractivity contribution in [3.8, 4) is 0 Å². The molecule has 0 unspecified atom stereocenters. The van der Waals surface area contributed by atoms with E-state index in [-0.39, 0.29) is 5.82 Å². The third kappa shape index (κ3) is 3.02. The van der Waals surface area contributed by atoms with Gasteiger partial charge in [-0.15, -0.1) is 11.3 Å². The highest BCUT2D eigenvalue weighted by Crippen LogP contribution is 2.21. The normalized spacial score (nSPS) is 16.6. The van der Waals surface area contributed by atoms with Crippen LogP contribution in [0.4, 0.5) is 10.1 Å². The van der Waals surface area contributed by atoms with Crippen molar-refractivity contribution in [2.45, 2.75) is 13.5 Å². The molecule has 1 aromatic heterocycles. The van der Waals surface area contributed by atoms with Gasteiger partial charge in [-0.2, -0.15) is 0 Å². The van der Waals surface area contributed by atoms with E-state index in [0.717, 1.165) is 38.4 Å². The number of thiophene rings is 1. The monoisotopic (exact) mass is 290 g/mol. The molecule has 4 heteroatoms. The minimum absolute atomic E-state index is 0.166. The van der Waals surface area contributed by atoms with Crippen LogP contribution in [-0.2, 0) is 6.54 Å². The molecule has 20 heavy (non-hydrogen) atoms. The lowest BCUT2D eigenvalue weighted by atomic mass is 10.2. The fourth-order valence-electron chi connectivity index (χ4n) is 2.59. The van der Waals surface area contributed by atoms with Crippen molar-refractivity contribution < 1.29 is 4.39 Å². The van der Waals surface area contributed by atoms with Crippen LogP contribution < -0.4 is 4.90 Å². The van der Waals surface area contributed by atoms with Crippen LogP contribution >= 0.6 is 11.3 Å². The third-order valence-electron chi connectivity index (χ3n) is 3.90. The second-order valence-corrected chi connectivity index (χ2v) is 6.27. The molecule has 0 atom stereocenters. The lowest BCUT2D eigenvalue weighted by Gasteiger charge is -2.36. The molecule has 1 aromatic carbocycles. The molecule has 0 aliphatic carbocycles. The van der Waals surface area contributed by atoms with Gasteiger partial charge < -0.3 is 4.90 Å². The fourth-order valence-corrected chi connectivity index (χ4v) is 3.53. The maximum atomic E-state index is 12.9. The Labute approximate surface area is 123 Å². The molecule has 0 amide bonds. The van der Waals surface area contributed by atoms with Crippen molar-refractivity contribution >= 4 is 17.0 Å². The Morgan fingerprint density at radius 1 is 1.05 bits per heavy atom. The van der Waals surface area contributed by atoms with Crippen LogP contribution in [0.3, 0.4) is 0 Å². The third-order valence-corrected chi connectivity index (χ3v) is 4.91. The van der Waals surface area contributed by atoms with E-state index in [2.05, 4.69) is 28.2 Å². The van der Waals surface area contributed by atoms with Crippen LogP contribution in [0.15, 0.2) is 35.7 Å². The Bertz CT molecular complexity index is 556. The minimum Gasteiger partial charge on any atom is -0.369 e. The van der Waals surface area contributed by atoms with E-state index >= 15 is 0 Å². The largest absolute Gasteiger partial charge is 0.369 e. The van der Waals surface area contributed by atoms with Crippen molar-refractivity contribution in [2.24, 2.45) is 0 Å². The SMILES string of the molecule is Cc1ccsc1CN1CCN(c2ccc(F)cc2)CC1. The Morgan fingerprint density at radius 3 is 2.35 bits per heavy atom. The lowest BCUT2D eigenvalue weighted by Crippen LogP contribution is -2.45. The molecule has 0 bridgehead atoms. The molecule has 2 heterocycles. The Morgan fingerprint density at radius 2 is 1.75 bits per heavy atom. The zero-order chi connectivity index (χ0) is 13.9. The summed E-state index contributed by atoms with van der Waals surface area (Å²) in [6.07, 6.45) is 0. The maximum Gasteiger partial charge on any atom is 0.123 e. The number of rotatable bonds is 3. The average molecular weight is 290 g/mol. The van der Waals surface area contributed by atoms with Gasteiger partial charge in [0.2, 0.25) is 0 Å². The van der Waals surface area contributed by atoms with Gasteiger partial charge in [-0.25, -0.2) is 4.39 Å². The van der Waals surface area contributed by atoms with Crippen LogP contribution in [0, 0.1) is 12.7 Å². The molecular weight excluding hydrogens is 271 g/mol. The van der Waals surface area contributed by atoms with Crippen LogP contribution in [0.2, 0.25) is 0 Å². The van der Waals surface area contributed by atoms with E-state index in [1.807, 2.05) is 23.5 Å². The number of anilines is 1. The summed E-state index contributed by atoms with van der Waals surface area (Å²) in [7, 11) is 0. The highest BCUT2D eigenvalue weighted by Gasteiger charge is 2.18. The van der Waals surface area contributed by atoms with E-state index in [0.29, 0.717) is 0 Å². The number of nitrogens with zero attached hydrogens (tertiary/aromatic N) is 2. The summed E-state index contributed by atoms with van der Waals surface area (Å²) >= 11 is 1.85. The Balaban J connectivity index is 1.57. The fraction of sp³-hybridized carbons (Fsp3) is 0.375. The standard InChI is InChI=1S/C16H19FN2S/c1-13-6-11-20-16(13)12-18-7-9-19(10-8-18)15-4-2-14(17)3-5-15/h2-6,11H,7-10,12H2,1H3. The second-order valence-electron chi connectivity index (χ2n) is 5.27. The molecule has 0 radical (unpaired) electrons. The molecule has 0 saturated carbocycles. The highest BCUT2D eigenvalue weighted by atomic mass is 32.1. The molecule has 1 aliphatic rings. The number of hydrogen-bond donors (Lipinski definition) is 0. The molecule has 0 N–H and O–H groups in total. The maximum absolute atomic E-state index is 12.9. The van der Waals surface area contributed by atoms with Gasteiger partial charge in [0.25, 0.3) is 0 Å². The summed E-state index contributed by atoms with van der Waals surface area (Å²) in [6.45, 7) is 7.39. The molecule has 1 fully saturated rings. The molecule has 2 nitrogen and oxygen atoms in total. The molecule has 106 valence electrons. The number of piperazine rings is 1. The minimum atomic E-state index is -0.166. The Kier molecular flexibility index (Phi) is 4.03. The van der Waals surface area contributed by atoms with Gasteiger partial charge in [0.05, 0.1) is 0 Å². The van der Waals surface area contributed by atoms with Crippen molar-refractivity contribution in [1.29, 1.82) is 0 Å². The molecular formula is C16H19FN2S. The molecule has 3 rings (SSSR count). The highest BCUT2D eigenvalue weighted by molar-refractivity contribution is 7.10. The number of aryl methyl sites for hydroxylation is 1. The van der Waals surface area contributed by atoms with E-state index in [4.69, 9.17) is 0 Å². The summed E-state index contributed by atoms with van der Waals surface area (Å²) in [6, 6.07) is 9.00. The van der Waals surface area contributed by atoms with Crippen LogP contribution in [0.1, 0.15) is 10.4 Å². The number of benzene rings is 1. The lowest BCUT2D eigenvalue weighted by molar-refractivity contribution is 0.251. The first-order chi connectivity index (χ1) is 9.72. The van der Waals surface area contributed by atoms with E-state index in [9.17, 15) is 4.39 Å². The van der Waals surface area contributed by atoms with E-state index in [1.54, 1.807) is 0 Å². The molecule has 0 spiro atoms. The first-order valence-electron chi connectivity index (χ1n) is 6.98. The van der Waals surface area contributed by atoms with Crippen LogP contribution in [-0.4, -0.2) is 31.1 Å². The smallest absolute Gasteiger partial charge is 0.123 e. The quantitative estimate of drug-likeness (QED) is 0.853. The van der Waals surface area contributed by atoms with Gasteiger partial charge in [-0.1, -0.05) is 0 Å². The zero-order valence-corrected chi connectivity index (χ0v) is 12.5. The van der Waals surface area contributed by atoms with Gasteiger partial charge in [0.1, 0.15) is 5.82 Å². The van der Waals surface area contributed by atoms with E-state index in [1.165, 1.54) is 22.6 Å². The first-order valence-corrected chi connectivity index (χ1v) is 7.86. The second kappa shape index (κ2) is 5.94. The molecule has 1 aliphatic heterocycles. The van der Waals surface area contributed by atoms with Gasteiger partial charge >= 0.3 is 0 Å². The van der Waals surface area contributed by atoms with Gasteiger partial charge in [-0.3, -0.25) is 4.90 Å². The Hall–Kier alpha value is -1.39. The van der Waals surface area contributed by atoms with Crippen LogP contribution in [0.25, 0.3) is 0 Å². The van der Waals surface area contributed by atoms with Crippen molar-refractivity contribution in [3.05, 3.63) is 52.0 Å². The summed E-state index contributed by atoms with van der Waals surface area (Å²) in [4.78, 5) is 6.30. The zero-order valence-electron chi connectivity index (χ0n) is 11.7. The molecule has 1 saturated heterocycles. The first kappa shape index (κ1) is 13.6. The summed E-state index contributed by atoms with van der Waals surface area (Å²) in [5.74, 6) is -0.166. The molecule has 2 aromatic rings. The van der Waals surface area contributed by atoms with Gasteiger partial charge in [-0.05, 0) is 48.2 Å². The van der Waals surface area contributed by atoms with Crippen molar-refractivity contribution in [1.82, 2.24) is 4.90 Å². The average Bonchev–Trinajstić information content (AvgIpc) is 2.86. The van der Waals surface area contributed by atoms with Gasteiger partial charge in [0, 0.05) is 43.3 Å². The van der Waals surface area contributed by atoms with Gasteiger partial charge in [0.15, 0.2) is 0 Å². The predicted molar refractivity (Wildman–Crippen MR) is 82.9 cm³/mol. The summed E-state index contributed by atoms with van der Waals surface area (Å²) in [5.41, 5.74) is 2.52. The van der Waals surface area contributed by atoms with Crippen LogP contribution in [0.5, 0.6) is 0 Å². The number of halogens is 1. The predicted octanol–water partition coefficient (Wildman–Crippen LogP) is 3.52. The summed E-state index contributed by atoms with van der Waals surface area (Å²) in [5, 5.41) is 2.17.